The fraction of sp³-hybridized carbons (Fsp3) is 0.118. The lowest BCUT2D eigenvalue weighted by Crippen LogP contribution is -2.28. The summed E-state index contributed by atoms with van der Waals surface area (Å²) in [5.74, 6) is -0.310. The fourth-order valence-corrected chi connectivity index (χ4v) is 4.53. The molecule has 3 aromatic rings. The molecule has 0 aliphatic heterocycles. The van der Waals surface area contributed by atoms with E-state index in [1.54, 1.807) is 29.5 Å². The SMILES string of the molecule is O=C(NC[C@H](O)c1ccc(-c2cccs2)s1)c1cc(Br)ccc1Cl. The van der Waals surface area contributed by atoms with Gasteiger partial charge in [0.05, 0.1) is 10.6 Å². The number of hydrogen-bond donors (Lipinski definition) is 2. The van der Waals surface area contributed by atoms with Crippen LogP contribution in [0.4, 0.5) is 0 Å². The predicted octanol–water partition coefficient (Wildman–Crippen LogP) is 5.36. The van der Waals surface area contributed by atoms with E-state index in [4.69, 9.17) is 11.6 Å². The molecule has 3 rings (SSSR count). The third kappa shape index (κ3) is 4.07. The van der Waals surface area contributed by atoms with Crippen LogP contribution in [-0.4, -0.2) is 17.6 Å². The zero-order valence-corrected chi connectivity index (χ0v) is 16.3. The largest absolute Gasteiger partial charge is 0.386 e. The molecule has 0 aliphatic rings. The van der Waals surface area contributed by atoms with E-state index >= 15 is 0 Å². The lowest BCUT2D eigenvalue weighted by molar-refractivity contribution is 0.0918. The highest BCUT2D eigenvalue weighted by Gasteiger charge is 2.15. The minimum Gasteiger partial charge on any atom is -0.386 e. The number of benzene rings is 1. The first-order chi connectivity index (χ1) is 11.5. The van der Waals surface area contributed by atoms with Gasteiger partial charge in [-0.05, 0) is 41.8 Å². The molecule has 0 aliphatic carbocycles. The molecular weight excluding hydrogens is 430 g/mol. The molecule has 0 saturated heterocycles. The van der Waals surface area contributed by atoms with Crippen LogP contribution >= 0.6 is 50.2 Å². The summed E-state index contributed by atoms with van der Waals surface area (Å²) in [7, 11) is 0. The van der Waals surface area contributed by atoms with Gasteiger partial charge in [-0.2, -0.15) is 0 Å². The third-order valence-electron chi connectivity index (χ3n) is 3.35. The van der Waals surface area contributed by atoms with E-state index in [1.807, 2.05) is 29.6 Å². The number of aliphatic hydroxyl groups is 1. The topological polar surface area (TPSA) is 49.3 Å². The van der Waals surface area contributed by atoms with E-state index in [-0.39, 0.29) is 12.5 Å². The summed E-state index contributed by atoms with van der Waals surface area (Å²) >= 11 is 12.5. The average molecular weight is 443 g/mol. The normalized spacial score (nSPS) is 12.1. The summed E-state index contributed by atoms with van der Waals surface area (Å²) in [5.41, 5.74) is 0.378. The maximum atomic E-state index is 12.2. The Morgan fingerprint density at radius 2 is 2.08 bits per heavy atom. The number of aliphatic hydroxyl groups excluding tert-OH is 1. The number of thiophene rings is 2. The summed E-state index contributed by atoms with van der Waals surface area (Å²) in [6.45, 7) is 0.131. The smallest absolute Gasteiger partial charge is 0.252 e. The molecule has 24 heavy (non-hydrogen) atoms. The van der Waals surface area contributed by atoms with E-state index in [1.165, 1.54) is 16.2 Å². The van der Waals surface area contributed by atoms with Crippen LogP contribution in [0.3, 0.4) is 0 Å². The summed E-state index contributed by atoms with van der Waals surface area (Å²) < 4.78 is 0.774. The molecule has 0 spiro atoms. The van der Waals surface area contributed by atoms with Gasteiger partial charge < -0.3 is 10.4 Å². The molecule has 2 N–H and O–H groups in total. The van der Waals surface area contributed by atoms with Gasteiger partial charge in [0.1, 0.15) is 6.10 Å². The van der Waals surface area contributed by atoms with Crippen LogP contribution < -0.4 is 5.32 Å². The molecule has 0 saturated carbocycles. The van der Waals surface area contributed by atoms with Crippen LogP contribution in [-0.2, 0) is 0 Å². The van der Waals surface area contributed by atoms with Crippen molar-refractivity contribution in [2.45, 2.75) is 6.10 Å². The van der Waals surface area contributed by atoms with Crippen molar-refractivity contribution >= 4 is 56.1 Å². The fourth-order valence-electron chi connectivity index (χ4n) is 2.14. The first-order valence-electron chi connectivity index (χ1n) is 7.09. The lowest BCUT2D eigenvalue weighted by Gasteiger charge is -2.11. The van der Waals surface area contributed by atoms with E-state index in [0.717, 1.165) is 14.2 Å². The summed E-state index contributed by atoms with van der Waals surface area (Å²) in [5, 5.41) is 15.4. The Bertz CT molecular complexity index is 848. The van der Waals surface area contributed by atoms with Gasteiger partial charge in [0.15, 0.2) is 0 Å². The van der Waals surface area contributed by atoms with Crippen LogP contribution in [0.25, 0.3) is 9.75 Å². The second-order valence-corrected chi connectivity index (χ2v) is 8.42. The van der Waals surface area contributed by atoms with Crippen LogP contribution in [0.2, 0.25) is 5.02 Å². The monoisotopic (exact) mass is 441 g/mol. The van der Waals surface area contributed by atoms with Gasteiger partial charge in [-0.15, -0.1) is 22.7 Å². The van der Waals surface area contributed by atoms with Crippen molar-refractivity contribution in [2.75, 3.05) is 6.54 Å². The van der Waals surface area contributed by atoms with Gasteiger partial charge in [0, 0.05) is 25.6 Å². The standard InChI is InChI=1S/C17H13BrClNO2S2/c18-10-3-4-12(19)11(8-10)17(22)20-9-13(21)14-5-6-16(24-14)15-2-1-7-23-15/h1-8,13,21H,9H2,(H,20,22)/t13-/m0/s1. The van der Waals surface area contributed by atoms with Crippen molar-refractivity contribution < 1.29 is 9.90 Å². The van der Waals surface area contributed by atoms with Gasteiger partial charge in [-0.25, -0.2) is 0 Å². The number of amides is 1. The molecule has 0 unspecified atom stereocenters. The molecule has 2 aromatic heterocycles. The first-order valence-corrected chi connectivity index (χ1v) is 9.96. The summed E-state index contributed by atoms with van der Waals surface area (Å²) in [6.07, 6.45) is -0.751. The minimum atomic E-state index is -0.751. The molecule has 3 nitrogen and oxygen atoms in total. The van der Waals surface area contributed by atoms with E-state index in [0.29, 0.717) is 10.6 Å². The Kier molecular flexibility index (Phi) is 5.73. The van der Waals surface area contributed by atoms with Gasteiger partial charge in [-0.1, -0.05) is 33.6 Å². The number of rotatable bonds is 5. The maximum absolute atomic E-state index is 12.2. The molecule has 7 heteroatoms. The van der Waals surface area contributed by atoms with Crippen LogP contribution in [0, 0.1) is 0 Å². The van der Waals surface area contributed by atoms with E-state index in [2.05, 4.69) is 21.2 Å². The van der Waals surface area contributed by atoms with Gasteiger partial charge in [0.2, 0.25) is 0 Å². The Hall–Kier alpha value is -1.18. The van der Waals surface area contributed by atoms with Gasteiger partial charge in [-0.3, -0.25) is 4.79 Å². The van der Waals surface area contributed by atoms with Crippen LogP contribution in [0.5, 0.6) is 0 Å². The highest BCUT2D eigenvalue weighted by molar-refractivity contribution is 9.10. The molecule has 124 valence electrons. The Labute approximate surface area is 161 Å². The summed E-state index contributed by atoms with van der Waals surface area (Å²) in [4.78, 5) is 15.3. The molecule has 0 bridgehead atoms. The van der Waals surface area contributed by atoms with Gasteiger partial charge in [0.25, 0.3) is 5.91 Å². The second-order valence-electron chi connectivity index (χ2n) is 5.03. The quantitative estimate of drug-likeness (QED) is 0.559. The first kappa shape index (κ1) is 17.6. The highest BCUT2D eigenvalue weighted by atomic mass is 79.9. The molecule has 1 atom stereocenters. The number of hydrogen-bond acceptors (Lipinski definition) is 4. The summed E-state index contributed by atoms with van der Waals surface area (Å²) in [6, 6.07) is 13.0. The third-order valence-corrected chi connectivity index (χ3v) is 6.42. The van der Waals surface area contributed by atoms with Crippen LogP contribution in [0.1, 0.15) is 21.3 Å². The van der Waals surface area contributed by atoms with Crippen molar-refractivity contribution in [3.05, 3.63) is 67.8 Å². The Morgan fingerprint density at radius 1 is 1.25 bits per heavy atom. The zero-order chi connectivity index (χ0) is 17.1. The number of halogens is 2. The molecule has 2 heterocycles. The van der Waals surface area contributed by atoms with E-state index < -0.39 is 6.10 Å². The van der Waals surface area contributed by atoms with Crippen molar-refractivity contribution in [2.24, 2.45) is 0 Å². The van der Waals surface area contributed by atoms with Crippen molar-refractivity contribution in [3.63, 3.8) is 0 Å². The lowest BCUT2D eigenvalue weighted by atomic mass is 10.2. The molecular formula is C17H13BrClNO2S2. The van der Waals surface area contributed by atoms with Crippen molar-refractivity contribution in [1.29, 1.82) is 0 Å². The molecule has 0 fully saturated rings. The number of nitrogens with one attached hydrogen (secondary N) is 1. The minimum absolute atomic E-state index is 0.131. The zero-order valence-electron chi connectivity index (χ0n) is 12.3. The maximum Gasteiger partial charge on any atom is 0.252 e. The molecule has 1 aromatic carbocycles. The van der Waals surface area contributed by atoms with E-state index in [9.17, 15) is 9.90 Å². The Balaban J connectivity index is 1.64. The molecule has 1 amide bonds. The Morgan fingerprint density at radius 3 is 2.83 bits per heavy atom. The van der Waals surface area contributed by atoms with Crippen molar-refractivity contribution in [1.82, 2.24) is 5.32 Å². The average Bonchev–Trinajstić information content (AvgIpc) is 3.25. The predicted molar refractivity (Wildman–Crippen MR) is 104 cm³/mol. The highest BCUT2D eigenvalue weighted by Crippen LogP contribution is 2.33. The van der Waals surface area contributed by atoms with Crippen molar-refractivity contribution in [3.8, 4) is 9.75 Å². The molecule has 0 radical (unpaired) electrons. The van der Waals surface area contributed by atoms with Crippen LogP contribution in [0.15, 0.2) is 52.3 Å². The number of carbonyl (C=O) groups is 1. The number of carbonyl (C=O) groups excluding carboxylic acids is 1. The van der Waals surface area contributed by atoms with Gasteiger partial charge >= 0.3 is 0 Å². The second kappa shape index (κ2) is 7.80.